The molecule has 4 heteroatoms. The average molecular weight is 727 g/mol. The monoisotopic (exact) mass is 726 g/mol. The molecule has 0 aliphatic rings. The van der Waals surface area contributed by atoms with Crippen molar-refractivity contribution in [1.29, 1.82) is 0 Å². The molecular formula is C53H34N4. The van der Waals surface area contributed by atoms with Gasteiger partial charge in [0, 0.05) is 27.3 Å². The van der Waals surface area contributed by atoms with Gasteiger partial charge in [-0.3, -0.25) is 0 Å². The van der Waals surface area contributed by atoms with E-state index in [1.807, 2.05) is 12.1 Å². The Balaban J connectivity index is 1.18. The number of hydrogen-bond acceptors (Lipinski definition) is 3. The van der Waals surface area contributed by atoms with Gasteiger partial charge in [-0.1, -0.05) is 194 Å². The van der Waals surface area contributed by atoms with Gasteiger partial charge in [-0.15, -0.1) is 0 Å². The van der Waals surface area contributed by atoms with Crippen LogP contribution in [0.3, 0.4) is 0 Å². The van der Waals surface area contributed by atoms with Crippen molar-refractivity contribution in [2.75, 3.05) is 0 Å². The summed E-state index contributed by atoms with van der Waals surface area (Å²) in [7, 11) is 0. The lowest BCUT2D eigenvalue weighted by Crippen LogP contribution is -2.04. The highest BCUT2D eigenvalue weighted by Crippen LogP contribution is 2.42. The zero-order chi connectivity index (χ0) is 37.7. The lowest BCUT2D eigenvalue weighted by atomic mass is 10.0. The normalized spacial score (nSPS) is 11.5. The minimum absolute atomic E-state index is 0.618. The molecule has 9 aromatic carbocycles. The number of rotatable bonds is 6. The maximum atomic E-state index is 5.37. The highest BCUT2D eigenvalue weighted by Gasteiger charge is 2.22. The minimum atomic E-state index is 0.618. The lowest BCUT2D eigenvalue weighted by molar-refractivity contribution is 1.07. The number of hydrogen-bond donors (Lipinski definition) is 0. The second-order valence-electron chi connectivity index (χ2n) is 14.4. The summed E-state index contributed by atoms with van der Waals surface area (Å²) in [6, 6.07) is 72.8. The molecule has 0 saturated carbocycles. The Morgan fingerprint density at radius 1 is 0.281 bits per heavy atom. The van der Waals surface area contributed by atoms with Crippen LogP contribution in [0.4, 0.5) is 0 Å². The predicted octanol–water partition coefficient (Wildman–Crippen LogP) is 13.6. The van der Waals surface area contributed by atoms with E-state index in [0.717, 1.165) is 55.3 Å². The summed E-state index contributed by atoms with van der Waals surface area (Å²) >= 11 is 0. The molecule has 0 aliphatic carbocycles. The number of fused-ring (bicyclic) bond motifs is 6. The Hall–Kier alpha value is -7.69. The Morgan fingerprint density at radius 2 is 0.719 bits per heavy atom. The Bertz CT molecular complexity index is 3160. The molecule has 0 atom stereocenters. The topological polar surface area (TPSA) is 43.6 Å². The van der Waals surface area contributed by atoms with Crippen molar-refractivity contribution >= 4 is 43.4 Å². The molecule has 0 unspecified atom stereocenters. The van der Waals surface area contributed by atoms with E-state index in [4.69, 9.17) is 15.0 Å². The second kappa shape index (κ2) is 13.6. The first-order chi connectivity index (χ1) is 28.3. The van der Waals surface area contributed by atoms with Crippen LogP contribution in [0.1, 0.15) is 0 Å². The summed E-state index contributed by atoms with van der Waals surface area (Å²) in [5, 5.41) is 6.98. The fourth-order valence-corrected chi connectivity index (χ4v) is 8.29. The molecule has 0 saturated heterocycles. The fourth-order valence-electron chi connectivity index (χ4n) is 8.29. The Morgan fingerprint density at radius 3 is 1.33 bits per heavy atom. The van der Waals surface area contributed by atoms with Crippen molar-refractivity contribution in [3.8, 4) is 62.1 Å². The first-order valence-electron chi connectivity index (χ1n) is 19.3. The van der Waals surface area contributed by atoms with Gasteiger partial charge in [0.2, 0.25) is 0 Å². The minimum Gasteiger partial charge on any atom is -0.308 e. The number of aromatic nitrogens is 4. The van der Waals surface area contributed by atoms with Crippen LogP contribution in [-0.4, -0.2) is 19.5 Å². The third-order valence-corrected chi connectivity index (χ3v) is 11.1. The van der Waals surface area contributed by atoms with Crippen molar-refractivity contribution < 1.29 is 0 Å². The second-order valence-corrected chi connectivity index (χ2v) is 14.4. The van der Waals surface area contributed by atoms with Crippen LogP contribution >= 0.6 is 0 Å². The molecular weight excluding hydrogens is 693 g/mol. The number of benzene rings is 9. The third kappa shape index (κ3) is 5.66. The molecule has 0 fully saturated rings. The van der Waals surface area contributed by atoms with Gasteiger partial charge in [-0.2, -0.15) is 0 Å². The molecule has 0 spiro atoms. The average Bonchev–Trinajstić information content (AvgIpc) is 3.64. The zero-order valence-electron chi connectivity index (χ0n) is 30.9. The lowest BCUT2D eigenvalue weighted by Gasteiger charge is -2.17. The summed E-state index contributed by atoms with van der Waals surface area (Å²) in [4.78, 5) is 15.9. The molecule has 0 N–H and O–H groups in total. The Labute approximate surface area is 330 Å². The van der Waals surface area contributed by atoms with E-state index in [9.17, 15) is 0 Å². The molecule has 0 bridgehead atoms. The number of para-hydroxylation sites is 1. The molecule has 4 nitrogen and oxygen atoms in total. The van der Waals surface area contributed by atoms with E-state index in [2.05, 4.69) is 199 Å². The largest absolute Gasteiger partial charge is 0.308 e. The van der Waals surface area contributed by atoms with Crippen LogP contribution in [0.25, 0.3) is 105 Å². The van der Waals surface area contributed by atoms with Crippen LogP contribution in [-0.2, 0) is 0 Å². The summed E-state index contributed by atoms with van der Waals surface area (Å²) in [5.41, 5.74) is 10.7. The van der Waals surface area contributed by atoms with Crippen molar-refractivity contribution in [2.24, 2.45) is 0 Å². The fraction of sp³-hybridized carbons (Fsp3) is 0. The van der Waals surface area contributed by atoms with Gasteiger partial charge in [0.1, 0.15) is 0 Å². The maximum Gasteiger partial charge on any atom is 0.166 e. The van der Waals surface area contributed by atoms with E-state index in [1.54, 1.807) is 0 Å². The predicted molar refractivity (Wildman–Crippen MR) is 236 cm³/mol. The highest BCUT2D eigenvalue weighted by molar-refractivity contribution is 6.19. The summed E-state index contributed by atoms with van der Waals surface area (Å²) in [6.45, 7) is 0. The quantitative estimate of drug-likeness (QED) is 0.171. The molecule has 2 heterocycles. The van der Waals surface area contributed by atoms with Gasteiger partial charge in [0.05, 0.1) is 22.3 Å². The first kappa shape index (κ1) is 32.7. The maximum absolute atomic E-state index is 5.37. The Kier molecular flexibility index (Phi) is 7.78. The molecule has 0 radical (unpaired) electrons. The van der Waals surface area contributed by atoms with Crippen LogP contribution in [0.2, 0.25) is 0 Å². The van der Waals surface area contributed by atoms with Crippen LogP contribution in [0.5, 0.6) is 0 Å². The van der Waals surface area contributed by atoms with Crippen molar-refractivity contribution in [2.45, 2.75) is 0 Å². The third-order valence-electron chi connectivity index (χ3n) is 11.1. The van der Waals surface area contributed by atoms with Crippen molar-refractivity contribution in [1.82, 2.24) is 19.5 Å². The molecule has 2 aromatic heterocycles. The van der Waals surface area contributed by atoms with Crippen LogP contribution < -0.4 is 0 Å². The summed E-state index contributed by atoms with van der Waals surface area (Å²) < 4.78 is 2.42. The highest BCUT2D eigenvalue weighted by atomic mass is 15.1. The molecule has 11 rings (SSSR count). The van der Waals surface area contributed by atoms with E-state index in [0.29, 0.717) is 17.5 Å². The van der Waals surface area contributed by atoms with Crippen LogP contribution in [0.15, 0.2) is 206 Å². The molecule has 11 aromatic rings. The van der Waals surface area contributed by atoms with E-state index >= 15 is 0 Å². The van der Waals surface area contributed by atoms with Gasteiger partial charge >= 0.3 is 0 Å². The molecule has 57 heavy (non-hydrogen) atoms. The smallest absolute Gasteiger partial charge is 0.166 e. The van der Waals surface area contributed by atoms with Crippen LogP contribution in [0, 0.1) is 0 Å². The van der Waals surface area contributed by atoms with Gasteiger partial charge in [-0.05, 0) is 50.5 Å². The van der Waals surface area contributed by atoms with E-state index < -0.39 is 0 Å². The van der Waals surface area contributed by atoms with E-state index in [-0.39, 0.29) is 0 Å². The molecule has 0 aliphatic heterocycles. The molecule has 266 valence electrons. The standard InChI is InChI=1S/C53H34N4/c1-3-13-35(14-4-1)37-23-27-41(28-24-37)51-54-52(42-29-25-38(26-30-42)36-15-5-2-6-16-36)56-53(55-51)49-43-19-9-7-17-39(43)32-34-48(49)57-47-22-12-11-21-45(47)46-33-31-40-18-8-10-20-44(40)50(46)57/h1-34H. The first-order valence-corrected chi connectivity index (χ1v) is 19.3. The number of nitrogens with zero attached hydrogens (tertiary/aromatic N) is 4. The van der Waals surface area contributed by atoms with Gasteiger partial charge in [-0.25, -0.2) is 15.0 Å². The SMILES string of the molecule is c1ccc(-c2ccc(-c3nc(-c4ccc(-c5ccccc5)cc4)nc(-c4c(-n5c6ccccc6c6ccc7ccccc7c65)ccc5ccccc45)n3)cc2)cc1. The van der Waals surface area contributed by atoms with Gasteiger partial charge in [0.25, 0.3) is 0 Å². The summed E-state index contributed by atoms with van der Waals surface area (Å²) in [5.74, 6) is 1.86. The molecule has 0 amide bonds. The zero-order valence-corrected chi connectivity index (χ0v) is 30.9. The van der Waals surface area contributed by atoms with Crippen molar-refractivity contribution in [3.05, 3.63) is 206 Å². The summed E-state index contributed by atoms with van der Waals surface area (Å²) in [6.07, 6.45) is 0. The van der Waals surface area contributed by atoms with E-state index in [1.165, 1.54) is 32.7 Å². The van der Waals surface area contributed by atoms with Gasteiger partial charge < -0.3 is 4.57 Å². The van der Waals surface area contributed by atoms with Gasteiger partial charge in [0.15, 0.2) is 17.5 Å². The van der Waals surface area contributed by atoms with Crippen molar-refractivity contribution in [3.63, 3.8) is 0 Å².